The zero-order chi connectivity index (χ0) is 65.2. The number of aromatic nitrogens is 1. The molecule has 89 heavy (non-hydrogen) atoms. The second-order valence-electron chi connectivity index (χ2n) is 24.7. The Morgan fingerprint density at radius 2 is 1.72 bits per heavy atom. The molecular weight excluding hydrogens is 1180 g/mol. The van der Waals surface area contributed by atoms with Gasteiger partial charge in [0.05, 0.1) is 47.6 Å². The van der Waals surface area contributed by atoms with Crippen LogP contribution in [0.2, 0.25) is 5.02 Å². The number of aliphatic hydroxyl groups is 1. The van der Waals surface area contributed by atoms with Gasteiger partial charge < -0.3 is 50.2 Å². The highest BCUT2D eigenvalue weighted by Crippen LogP contribution is 2.50. The number of epoxide rings is 1. The number of hydrogen-bond acceptors (Lipinski definition) is 16. The number of methoxy groups -OCH3 is 1. The SMILES string of the molecule is CO[C@@H]1/C=C/C=C(\C)Cc2cc(C)c(Cl)c(c2)N(C)C(=O)C[C@H](OC(=O)[C@H](C)N(C)C(=O)c2ccc3nc(CC(=O)[C@H](CCCNC(N)=O)NC(=O)[C@@H](CC(=S)CCCCCN4C(=O)C=CC4=O)C(C)C)ccc3c2)[C@]2(C)O[C@H]2[C@H](C)[C@@H]2C[C@@]1(O)CC(=O)O2. The molecule has 7 rings (SSSR count). The molecular formula is C66H84ClN7O14S. The number of urea groups is 1. The number of primary amides is 1. The van der Waals surface area contributed by atoms with E-state index in [0.717, 1.165) is 23.1 Å². The van der Waals surface area contributed by atoms with E-state index in [1.807, 2.05) is 45.9 Å². The van der Waals surface area contributed by atoms with Crippen LogP contribution in [0.3, 0.4) is 0 Å². The van der Waals surface area contributed by atoms with E-state index < -0.39 is 89.3 Å². The van der Waals surface area contributed by atoms with Crippen LogP contribution in [-0.4, -0.2) is 160 Å². The molecule has 2 fully saturated rings. The fourth-order valence-electron chi connectivity index (χ4n) is 11.9. The number of nitrogens with two attached hydrogens (primary N) is 1. The number of anilines is 1. The maximum Gasteiger partial charge on any atom is 0.328 e. The number of halogens is 1. The summed E-state index contributed by atoms with van der Waals surface area (Å²) in [6, 6.07) is 9.08. The summed E-state index contributed by atoms with van der Waals surface area (Å²) < 4.78 is 24.3. The maximum atomic E-state index is 14.5. The number of pyridine rings is 1. The predicted molar refractivity (Wildman–Crippen MR) is 339 cm³/mol. The van der Waals surface area contributed by atoms with Crippen LogP contribution in [0, 0.1) is 24.7 Å². The van der Waals surface area contributed by atoms with Crippen molar-refractivity contribution in [2.75, 3.05) is 39.2 Å². The van der Waals surface area contributed by atoms with Crippen molar-refractivity contribution in [3.05, 3.63) is 106 Å². The van der Waals surface area contributed by atoms with Gasteiger partial charge in [-0.25, -0.2) is 9.59 Å². The third-order valence-electron chi connectivity index (χ3n) is 17.6. The minimum absolute atomic E-state index is 0.00559. The summed E-state index contributed by atoms with van der Waals surface area (Å²) in [5.41, 5.74) is 6.45. The highest BCUT2D eigenvalue weighted by Gasteiger charge is 2.64. The number of Topliss-reactive ketones (excluding diaryl/α,β-unsaturated/α-hetero) is 1. The van der Waals surface area contributed by atoms with Crippen LogP contribution < -0.4 is 21.3 Å². The van der Waals surface area contributed by atoms with Crippen LogP contribution >= 0.6 is 23.8 Å². The molecule has 4 aliphatic heterocycles. The Labute approximate surface area is 530 Å². The van der Waals surface area contributed by atoms with Gasteiger partial charge in [0, 0.05) is 81.3 Å². The van der Waals surface area contributed by atoms with E-state index in [2.05, 4.69) is 10.6 Å². The number of ketones is 1. The number of allylic oxidation sites excluding steroid dienone is 3. The van der Waals surface area contributed by atoms with E-state index in [0.29, 0.717) is 77.2 Å². The fraction of sp³-hybridized carbons (Fsp3) is 0.530. The number of imide groups is 1. The minimum Gasteiger partial charge on any atom is -0.462 e. The molecule has 0 spiro atoms. The van der Waals surface area contributed by atoms with Crippen LogP contribution in [0.15, 0.2) is 78.4 Å². The van der Waals surface area contributed by atoms with Crippen molar-refractivity contribution in [1.29, 1.82) is 0 Å². The van der Waals surface area contributed by atoms with Crippen LogP contribution in [0.4, 0.5) is 10.5 Å². The van der Waals surface area contributed by atoms with E-state index in [1.165, 1.54) is 47.9 Å². The Morgan fingerprint density at radius 1 is 1.00 bits per heavy atom. The van der Waals surface area contributed by atoms with Crippen molar-refractivity contribution in [3.8, 4) is 0 Å². The lowest BCUT2D eigenvalue weighted by atomic mass is 9.78. The van der Waals surface area contributed by atoms with Crippen LogP contribution in [0.1, 0.15) is 133 Å². The fourth-order valence-corrected chi connectivity index (χ4v) is 12.4. The van der Waals surface area contributed by atoms with Gasteiger partial charge in [-0.2, -0.15) is 0 Å². The van der Waals surface area contributed by atoms with Crippen LogP contribution in [-0.2, 0) is 65.4 Å². The molecule has 1 aromatic heterocycles. The predicted octanol–water partition coefficient (Wildman–Crippen LogP) is 7.49. The van der Waals surface area contributed by atoms with Gasteiger partial charge in [0.2, 0.25) is 11.8 Å². The lowest BCUT2D eigenvalue weighted by Gasteiger charge is -2.41. The van der Waals surface area contributed by atoms with Crippen molar-refractivity contribution in [1.82, 2.24) is 25.4 Å². The number of amides is 7. The largest absolute Gasteiger partial charge is 0.462 e. The number of nitrogens with one attached hydrogen (secondary N) is 2. The van der Waals surface area contributed by atoms with E-state index in [-0.39, 0.29) is 73.6 Å². The second kappa shape index (κ2) is 30.0. The molecule has 0 saturated carbocycles. The summed E-state index contributed by atoms with van der Waals surface area (Å²) in [6.45, 7) is 13.1. The summed E-state index contributed by atoms with van der Waals surface area (Å²) in [5.74, 6) is -4.97. The first-order valence-electron chi connectivity index (χ1n) is 30.3. The monoisotopic (exact) mass is 1270 g/mol. The molecule has 4 bridgehead atoms. The van der Waals surface area contributed by atoms with Gasteiger partial charge in [-0.3, -0.25) is 43.4 Å². The molecule has 23 heteroatoms. The minimum atomic E-state index is -1.64. The number of rotatable bonds is 23. The van der Waals surface area contributed by atoms with Gasteiger partial charge in [-0.15, -0.1) is 0 Å². The van der Waals surface area contributed by atoms with E-state index in [4.69, 9.17) is 53.5 Å². The molecule has 3 aromatic rings. The molecule has 4 aliphatic rings. The number of aryl methyl sites for hydroxylation is 1. The molecule has 0 unspecified atom stereocenters. The second-order valence-corrected chi connectivity index (χ2v) is 25.6. The molecule has 2 saturated heterocycles. The van der Waals surface area contributed by atoms with Gasteiger partial charge in [0.15, 0.2) is 5.78 Å². The number of hydrogen-bond donors (Lipinski definition) is 4. The smallest absolute Gasteiger partial charge is 0.328 e. The molecule has 7 amide bonds. The van der Waals surface area contributed by atoms with Crippen molar-refractivity contribution in [2.45, 2.75) is 173 Å². The number of nitrogens with zero attached hydrogens (tertiary/aromatic N) is 4. The highest BCUT2D eigenvalue weighted by atomic mass is 35.5. The molecule has 21 nitrogen and oxygen atoms in total. The first-order valence-corrected chi connectivity index (χ1v) is 31.1. The van der Waals surface area contributed by atoms with Gasteiger partial charge in [0.25, 0.3) is 17.7 Å². The maximum absolute atomic E-state index is 14.5. The number of thiocarbonyl (C=S) groups is 1. The van der Waals surface area contributed by atoms with Crippen molar-refractivity contribution in [2.24, 2.45) is 23.5 Å². The molecule has 2 aromatic carbocycles. The topological polar surface area (TPSA) is 287 Å². The zero-order valence-electron chi connectivity index (χ0n) is 52.4. The number of likely N-dealkylation sites (N-methyl/N-ethyl adjacent to an activating group) is 1. The number of fused-ring (bicyclic) bond motifs is 6. The average molecular weight is 1270 g/mol. The Balaban J connectivity index is 1.03. The molecule has 5 N–H and O–H groups in total. The summed E-state index contributed by atoms with van der Waals surface area (Å²) in [7, 11) is 4.50. The zero-order valence-corrected chi connectivity index (χ0v) is 54.0. The first kappa shape index (κ1) is 69.2. The molecule has 10 atom stereocenters. The standard InChI is InChI=1S/C66H84ClN7O14S/c1-37(2)47(33-46(89)17-12-11-13-27-74-55(76)24-25-56(74)77)61(80)71-49(18-15-26-69-64(68)83)51(75)32-45-22-20-43-31-44(21-23-48(43)70-45)62(81)72(8)41(6)63(82)87-54-34-57(78)73(9)50-30-42(29-39(4)59(50)67)28-38(3)16-14-19-53(85-10)66(84)35-52(86-58(79)36-66)40(5)60-65(54,7)88-60/h14,16,19-25,29-31,37,40-41,47,49,52-54,60,84H,11-13,15,17-18,26-28,32-36H2,1-10H3,(H,71,80)(H3,68,69,83)/b19-14+,38-16+/t40-,41+,47+,49+,52+,53-,54+,60+,65+,66-/m1/s1. The number of carbonyl (C=O) groups is 9. The van der Waals surface area contributed by atoms with E-state index in [9.17, 15) is 48.3 Å². The van der Waals surface area contributed by atoms with Crippen molar-refractivity contribution >= 4 is 98.6 Å². The number of benzene rings is 2. The van der Waals surface area contributed by atoms with Gasteiger partial charge in [-0.1, -0.05) is 86.9 Å². The Bertz CT molecular complexity index is 3310. The lowest BCUT2D eigenvalue weighted by Crippen LogP contribution is -2.53. The molecule has 0 radical (unpaired) electrons. The summed E-state index contributed by atoms with van der Waals surface area (Å²) in [6.07, 6.45) is 7.37. The number of esters is 2. The van der Waals surface area contributed by atoms with Crippen molar-refractivity contribution < 1.29 is 67.2 Å². The first-order chi connectivity index (χ1) is 42.0. The Hall–Kier alpha value is -7.24. The number of ether oxygens (including phenoxy) is 4. The third-order valence-corrected chi connectivity index (χ3v) is 18.4. The molecule has 5 heterocycles. The van der Waals surface area contributed by atoms with Crippen LogP contribution in [0.25, 0.3) is 10.9 Å². The van der Waals surface area contributed by atoms with Gasteiger partial charge >= 0.3 is 18.0 Å². The molecule has 0 aliphatic carbocycles. The van der Waals surface area contributed by atoms with Crippen molar-refractivity contribution in [3.63, 3.8) is 0 Å². The van der Waals surface area contributed by atoms with E-state index >= 15 is 0 Å². The van der Waals surface area contributed by atoms with E-state index in [1.54, 1.807) is 63.4 Å². The molecule has 480 valence electrons. The quantitative estimate of drug-likeness (QED) is 0.0235. The van der Waals surface area contributed by atoms with Gasteiger partial charge in [0.1, 0.15) is 35.6 Å². The number of unbranched alkanes of at least 4 members (excludes halogenated alkanes) is 2. The summed E-state index contributed by atoms with van der Waals surface area (Å²) in [5, 5.41) is 18.4. The highest BCUT2D eigenvalue weighted by molar-refractivity contribution is 7.80. The summed E-state index contributed by atoms with van der Waals surface area (Å²) in [4.78, 5) is 129. The third kappa shape index (κ3) is 17.4. The lowest BCUT2D eigenvalue weighted by molar-refractivity contribution is -0.187. The Morgan fingerprint density at radius 3 is 2.40 bits per heavy atom. The van der Waals surface area contributed by atoms with Gasteiger partial charge in [-0.05, 0) is 125 Å². The van der Waals surface area contributed by atoms with Crippen LogP contribution in [0.5, 0.6) is 0 Å². The average Bonchev–Trinajstić information content (AvgIpc) is 1.72. The normalized spacial score (nSPS) is 24.9. The number of carbonyl (C=O) groups excluding carboxylic acids is 9. The Kier molecular flexibility index (Phi) is 23.4. The summed E-state index contributed by atoms with van der Waals surface area (Å²) >= 11 is 12.6.